The number of rotatable bonds is 9. The Morgan fingerprint density at radius 3 is 2.90 bits per heavy atom. The summed E-state index contributed by atoms with van der Waals surface area (Å²) in [6, 6.07) is 1.96. The van der Waals surface area contributed by atoms with E-state index >= 15 is 0 Å². The van der Waals surface area contributed by atoms with E-state index < -0.39 is 10.0 Å². The first kappa shape index (κ1) is 21.6. The Morgan fingerprint density at radius 1 is 1.37 bits per heavy atom. The van der Waals surface area contributed by atoms with Crippen LogP contribution >= 0.6 is 23.4 Å². The molecule has 0 radical (unpaired) electrons. The highest BCUT2D eigenvalue weighted by Gasteiger charge is 2.30. The molecule has 0 saturated heterocycles. The number of aromatic nitrogens is 4. The Kier molecular flexibility index (Phi) is 6.35. The first-order valence-electron chi connectivity index (χ1n) is 9.68. The first-order valence-corrected chi connectivity index (χ1v) is 12.4. The number of nitrogens with zero attached hydrogens (tertiary/aromatic N) is 4. The third-order valence-corrected chi connectivity index (χ3v) is 8.38. The molecule has 1 aliphatic carbocycles. The molecule has 2 aromatic rings. The van der Waals surface area contributed by atoms with Crippen molar-refractivity contribution >= 4 is 45.0 Å². The predicted molar refractivity (Wildman–Crippen MR) is 119 cm³/mol. The van der Waals surface area contributed by atoms with Gasteiger partial charge in [0.25, 0.3) is 0 Å². The van der Waals surface area contributed by atoms with Gasteiger partial charge in [-0.2, -0.15) is 5.10 Å². The Hall–Kier alpha value is -1.66. The number of sulfonamides is 1. The van der Waals surface area contributed by atoms with Gasteiger partial charge < -0.3 is 10.2 Å². The maximum Gasteiger partial charge on any atom is 0.246 e. The van der Waals surface area contributed by atoms with E-state index in [1.165, 1.54) is 30.8 Å². The Balaban J connectivity index is 1.41. The van der Waals surface area contributed by atoms with Crippen LogP contribution in [0.3, 0.4) is 0 Å². The number of hydrogen-bond donors (Lipinski definition) is 3. The Bertz CT molecular complexity index is 1050. The maximum absolute atomic E-state index is 12.5. The van der Waals surface area contributed by atoms with Gasteiger partial charge in [0.05, 0.1) is 11.4 Å². The second-order valence-corrected chi connectivity index (χ2v) is 11.2. The lowest BCUT2D eigenvalue weighted by molar-refractivity contribution is 0.413. The lowest BCUT2D eigenvalue weighted by atomic mass is 10.3. The van der Waals surface area contributed by atoms with Crippen LogP contribution in [0.1, 0.15) is 41.9 Å². The summed E-state index contributed by atoms with van der Waals surface area (Å²) in [7, 11) is 0.265. The lowest BCUT2D eigenvalue weighted by Crippen LogP contribution is -2.31. The highest BCUT2D eigenvalue weighted by Crippen LogP contribution is 2.45. The summed E-state index contributed by atoms with van der Waals surface area (Å²) in [5.74, 6) is 2.20. The lowest BCUT2D eigenvalue weighted by Gasteiger charge is -2.13. The third-order valence-electron chi connectivity index (χ3n) is 4.79. The number of hydrogen-bond acceptors (Lipinski definition) is 8. The molecule has 162 valence electrons. The van der Waals surface area contributed by atoms with Crippen molar-refractivity contribution in [3.63, 3.8) is 0 Å². The van der Waals surface area contributed by atoms with Crippen molar-refractivity contribution in [2.24, 2.45) is 0 Å². The van der Waals surface area contributed by atoms with E-state index in [0.29, 0.717) is 52.1 Å². The number of aromatic amines is 1. The van der Waals surface area contributed by atoms with Crippen LogP contribution in [0, 0.1) is 0 Å². The van der Waals surface area contributed by atoms with Crippen LogP contribution in [0.25, 0.3) is 0 Å². The second kappa shape index (κ2) is 8.83. The van der Waals surface area contributed by atoms with Gasteiger partial charge in [-0.1, -0.05) is 17.7 Å². The zero-order valence-corrected chi connectivity index (χ0v) is 19.1. The number of H-pyrrole nitrogens is 1. The molecule has 3 N–H and O–H groups in total. The van der Waals surface area contributed by atoms with Gasteiger partial charge >= 0.3 is 0 Å². The zero-order valence-electron chi connectivity index (χ0n) is 16.7. The Morgan fingerprint density at radius 2 is 2.17 bits per heavy atom. The minimum absolute atomic E-state index is 0.190. The van der Waals surface area contributed by atoms with E-state index in [0.717, 1.165) is 5.69 Å². The van der Waals surface area contributed by atoms with Gasteiger partial charge in [0, 0.05) is 30.8 Å². The molecule has 1 atom stereocenters. The van der Waals surface area contributed by atoms with Crippen molar-refractivity contribution in [2.45, 2.75) is 30.4 Å². The fourth-order valence-electron chi connectivity index (χ4n) is 2.99. The minimum Gasteiger partial charge on any atom is -0.322 e. The summed E-state index contributed by atoms with van der Waals surface area (Å²) in [6.45, 7) is 0.988. The molecule has 0 bridgehead atoms. The van der Waals surface area contributed by atoms with Crippen LogP contribution in [-0.4, -0.2) is 60.7 Å². The van der Waals surface area contributed by atoms with Crippen molar-refractivity contribution in [2.75, 3.05) is 32.5 Å². The quantitative estimate of drug-likeness (QED) is 0.513. The predicted octanol–water partition coefficient (Wildman–Crippen LogP) is 2.97. The van der Waals surface area contributed by atoms with Crippen LogP contribution in [0.15, 0.2) is 22.6 Å². The largest absolute Gasteiger partial charge is 0.322 e. The molecular formula is C18H24ClN7O2S2. The maximum atomic E-state index is 12.5. The van der Waals surface area contributed by atoms with Gasteiger partial charge in [0.2, 0.25) is 10.0 Å². The van der Waals surface area contributed by atoms with Crippen molar-refractivity contribution in [1.29, 1.82) is 0 Å². The van der Waals surface area contributed by atoms with E-state index in [1.807, 2.05) is 25.1 Å². The molecule has 30 heavy (non-hydrogen) atoms. The second-order valence-electron chi connectivity index (χ2n) is 7.60. The number of nitrogens with one attached hydrogen (secondary N) is 3. The standard InChI is InChI=1S/C18H24ClN7O2S2/c1-26(2)8-7-21-30(27,28)16-6-5-14(29-16)18-20-10-12(19)17(23-18)22-15-9-13(24-25-15)11-3-4-11/h6,9-11,14,21H,3-5,7-8H2,1-2H3,(H2,20,22,23,24,25). The van der Waals surface area contributed by atoms with E-state index in [9.17, 15) is 8.42 Å². The average Bonchev–Trinajstić information content (AvgIpc) is 3.22. The highest BCUT2D eigenvalue weighted by molar-refractivity contribution is 8.18. The third kappa shape index (κ3) is 5.14. The molecule has 0 amide bonds. The molecule has 1 fully saturated rings. The van der Waals surface area contributed by atoms with Crippen LogP contribution < -0.4 is 10.0 Å². The smallest absolute Gasteiger partial charge is 0.246 e. The average molecular weight is 470 g/mol. The summed E-state index contributed by atoms with van der Waals surface area (Å²) >= 11 is 7.51. The van der Waals surface area contributed by atoms with Crippen LogP contribution in [0.5, 0.6) is 0 Å². The van der Waals surface area contributed by atoms with E-state index in [4.69, 9.17) is 11.6 Å². The summed E-state index contributed by atoms with van der Waals surface area (Å²) in [6.07, 6.45) is 6.14. The van der Waals surface area contributed by atoms with Gasteiger partial charge in [0.1, 0.15) is 15.1 Å². The summed E-state index contributed by atoms with van der Waals surface area (Å²) in [5.41, 5.74) is 1.11. The minimum atomic E-state index is -3.53. The van der Waals surface area contributed by atoms with Gasteiger partial charge in [-0.15, -0.1) is 11.8 Å². The van der Waals surface area contributed by atoms with E-state index in [2.05, 4.69) is 30.2 Å². The summed E-state index contributed by atoms with van der Waals surface area (Å²) in [4.78, 5) is 10.8. The topological polar surface area (TPSA) is 116 Å². The zero-order chi connectivity index (χ0) is 21.3. The van der Waals surface area contributed by atoms with Crippen molar-refractivity contribution in [1.82, 2.24) is 29.8 Å². The molecule has 1 saturated carbocycles. The number of allylic oxidation sites excluding steroid dienone is 1. The normalized spacial score (nSPS) is 19.3. The molecule has 9 nitrogen and oxygen atoms in total. The number of halogens is 1. The first-order chi connectivity index (χ1) is 14.3. The highest BCUT2D eigenvalue weighted by atomic mass is 35.5. The van der Waals surface area contributed by atoms with Gasteiger partial charge in [-0.25, -0.2) is 23.1 Å². The fraction of sp³-hybridized carbons (Fsp3) is 0.500. The fourth-order valence-corrected chi connectivity index (χ4v) is 5.87. The molecule has 12 heteroatoms. The molecule has 1 unspecified atom stereocenters. The van der Waals surface area contributed by atoms with Crippen molar-refractivity contribution in [3.8, 4) is 0 Å². The van der Waals surface area contributed by atoms with Crippen LogP contribution in [0.4, 0.5) is 11.6 Å². The molecule has 3 heterocycles. The van der Waals surface area contributed by atoms with Crippen molar-refractivity contribution < 1.29 is 8.42 Å². The molecule has 4 rings (SSSR count). The van der Waals surface area contributed by atoms with Gasteiger partial charge in [-0.05, 0) is 33.4 Å². The van der Waals surface area contributed by atoms with Gasteiger partial charge in [0.15, 0.2) is 11.6 Å². The molecule has 2 aliphatic rings. The number of anilines is 2. The molecular weight excluding hydrogens is 446 g/mol. The van der Waals surface area contributed by atoms with E-state index in [1.54, 1.807) is 6.08 Å². The van der Waals surface area contributed by atoms with Crippen molar-refractivity contribution in [3.05, 3.63) is 39.1 Å². The van der Waals surface area contributed by atoms with Crippen LogP contribution in [0.2, 0.25) is 5.02 Å². The summed E-state index contributed by atoms with van der Waals surface area (Å²) < 4.78 is 28.0. The van der Waals surface area contributed by atoms with E-state index in [-0.39, 0.29) is 5.25 Å². The van der Waals surface area contributed by atoms with Crippen LogP contribution in [-0.2, 0) is 10.0 Å². The summed E-state index contributed by atoms with van der Waals surface area (Å²) in [5, 5.41) is 10.6. The molecule has 0 spiro atoms. The molecule has 1 aliphatic heterocycles. The SMILES string of the molecule is CN(C)CCNS(=O)(=O)C1=CCC(c2ncc(Cl)c(Nc3cc(C4CC4)[nH]n3)n2)S1. The van der Waals surface area contributed by atoms with Gasteiger partial charge in [-0.3, -0.25) is 5.10 Å². The Labute approximate surface area is 185 Å². The monoisotopic (exact) mass is 469 g/mol. The molecule has 0 aromatic carbocycles. The number of thioether (sulfide) groups is 1. The molecule has 2 aromatic heterocycles. The number of likely N-dealkylation sites (N-methyl/N-ethyl adjacent to an activating group) is 1.